The number of alkyl carbamates (subject to hydrolysis) is 1. The summed E-state index contributed by atoms with van der Waals surface area (Å²) < 4.78 is 8.46. The van der Waals surface area contributed by atoms with Crippen molar-refractivity contribution in [3.05, 3.63) is 188 Å². The Morgan fingerprint density at radius 3 is 1.44 bits per heavy atom. The normalized spacial score (nSPS) is 11.1. The number of aryl methyl sites for hydroxylation is 2. The van der Waals surface area contributed by atoms with Gasteiger partial charge in [-0.15, -0.1) is 0 Å². The number of rotatable bonds is 17. The van der Waals surface area contributed by atoms with Crippen LogP contribution >= 0.6 is 23.2 Å². The molecule has 0 unspecified atom stereocenters. The molecule has 7 aromatic rings. The first-order valence-electron chi connectivity index (χ1n) is 22.4. The van der Waals surface area contributed by atoms with Gasteiger partial charge in [0.05, 0.1) is 11.4 Å². The summed E-state index contributed by atoms with van der Waals surface area (Å²) in [5, 5.41) is 39.5. The lowest BCUT2D eigenvalue weighted by molar-refractivity contribution is 0.102. The van der Waals surface area contributed by atoms with Crippen molar-refractivity contribution < 1.29 is 19.1 Å². The molecule has 14 nitrogen and oxygen atoms in total. The first kappa shape index (κ1) is 51.6. The third-order valence-electron chi connectivity index (χ3n) is 11.0. The zero-order valence-electron chi connectivity index (χ0n) is 39.8. The van der Waals surface area contributed by atoms with Gasteiger partial charge in [0.15, 0.2) is 11.4 Å². The van der Waals surface area contributed by atoms with Gasteiger partial charge in [0, 0.05) is 45.3 Å². The average molecular weight is 978 g/mol. The second kappa shape index (κ2) is 23.0. The molecule has 0 bridgehead atoms. The molecule has 0 aliphatic heterocycles. The Bertz CT molecular complexity index is 3020. The van der Waals surface area contributed by atoms with Gasteiger partial charge < -0.3 is 26.4 Å². The highest BCUT2D eigenvalue weighted by atomic mass is 35.5. The Morgan fingerprint density at radius 2 is 1.04 bits per heavy atom. The second-order valence-electron chi connectivity index (χ2n) is 17.9. The standard InChI is InChI=1S/C31H30ClN5O3.C23H24ClN5O/c1-21-9-11-23(12-10-21)28(38)27-26(19-33)29(37(36-27)25-15-13-24(32)14-16-25)34-18-17-31(2,3)35-30(39)40-20-22-7-5-4-6-8-22;1-15-4-6-16(7-5-15)21(30)20-19(14-25)22(27-13-12-23(2,3)26)29(28-20)18-10-8-17(24)9-11-18/h4-16,34H,17-18,20H2,1-3H3,(H,35,39);4-11,27H,12-13,26H2,1-3H3. The van der Waals surface area contributed by atoms with E-state index in [1.165, 1.54) is 4.68 Å². The van der Waals surface area contributed by atoms with Crippen molar-refractivity contribution in [2.24, 2.45) is 5.73 Å². The lowest BCUT2D eigenvalue weighted by atomic mass is 10.0. The zero-order chi connectivity index (χ0) is 50.6. The van der Waals surface area contributed by atoms with Crippen molar-refractivity contribution in [3.63, 3.8) is 0 Å². The predicted molar refractivity (Wildman–Crippen MR) is 274 cm³/mol. The van der Waals surface area contributed by atoms with Crippen LogP contribution in [0.5, 0.6) is 0 Å². The van der Waals surface area contributed by atoms with Crippen LogP contribution in [-0.2, 0) is 11.3 Å². The van der Waals surface area contributed by atoms with Crippen molar-refractivity contribution in [1.29, 1.82) is 10.5 Å². The summed E-state index contributed by atoms with van der Waals surface area (Å²) >= 11 is 12.1. The van der Waals surface area contributed by atoms with Gasteiger partial charge in [-0.3, -0.25) is 9.59 Å². The molecule has 0 spiro atoms. The van der Waals surface area contributed by atoms with Gasteiger partial charge in [0.1, 0.15) is 41.5 Å². The number of benzene rings is 5. The molecule has 0 fully saturated rings. The Morgan fingerprint density at radius 1 is 0.629 bits per heavy atom. The Hall–Kier alpha value is -7.75. The van der Waals surface area contributed by atoms with Crippen LogP contribution in [0.2, 0.25) is 10.0 Å². The Labute approximate surface area is 418 Å². The minimum Gasteiger partial charge on any atom is -0.445 e. The molecule has 0 radical (unpaired) electrons. The average Bonchev–Trinajstić information content (AvgIpc) is 3.89. The van der Waals surface area contributed by atoms with Gasteiger partial charge in [-0.2, -0.15) is 20.7 Å². The maximum absolute atomic E-state index is 13.4. The number of nitrogens with two attached hydrogens (primary N) is 1. The van der Waals surface area contributed by atoms with Crippen LogP contribution in [0.1, 0.15) is 100 Å². The summed E-state index contributed by atoms with van der Waals surface area (Å²) in [6.45, 7) is 12.6. The Balaban J connectivity index is 0.000000239. The molecule has 358 valence electrons. The molecular formula is C54H54Cl2N10O4. The van der Waals surface area contributed by atoms with Gasteiger partial charge in [-0.1, -0.05) is 113 Å². The lowest BCUT2D eigenvalue weighted by Gasteiger charge is -2.26. The van der Waals surface area contributed by atoms with Gasteiger partial charge >= 0.3 is 6.09 Å². The van der Waals surface area contributed by atoms with E-state index in [4.69, 9.17) is 33.7 Å². The summed E-state index contributed by atoms with van der Waals surface area (Å²) in [7, 11) is 0. The second-order valence-corrected chi connectivity index (χ2v) is 18.8. The molecule has 0 saturated heterocycles. The van der Waals surface area contributed by atoms with E-state index in [0.29, 0.717) is 70.1 Å². The van der Waals surface area contributed by atoms with Gasteiger partial charge in [0.2, 0.25) is 11.6 Å². The van der Waals surface area contributed by atoms with Crippen molar-refractivity contribution in [2.75, 3.05) is 23.7 Å². The smallest absolute Gasteiger partial charge is 0.407 e. The fourth-order valence-corrected chi connectivity index (χ4v) is 7.26. The molecule has 1 amide bonds. The molecule has 0 atom stereocenters. The highest BCUT2D eigenvalue weighted by Gasteiger charge is 2.28. The molecular weight excluding hydrogens is 924 g/mol. The number of nitrogens with one attached hydrogen (secondary N) is 3. The molecule has 5 N–H and O–H groups in total. The molecule has 0 aliphatic carbocycles. The number of ether oxygens (including phenoxy) is 1. The summed E-state index contributed by atoms with van der Waals surface area (Å²) in [6, 6.07) is 42.1. The number of anilines is 2. The number of carbonyl (C=O) groups excluding carboxylic acids is 3. The highest BCUT2D eigenvalue weighted by molar-refractivity contribution is 6.30. The van der Waals surface area contributed by atoms with Gasteiger partial charge in [-0.25, -0.2) is 14.2 Å². The minimum atomic E-state index is -0.626. The number of aromatic nitrogens is 4. The van der Waals surface area contributed by atoms with Crippen molar-refractivity contribution in [2.45, 2.75) is 72.1 Å². The minimum absolute atomic E-state index is 0.0469. The SMILES string of the molecule is Cc1ccc(C(=O)c2nn(-c3ccc(Cl)cc3)c(NCCC(C)(C)N)c2C#N)cc1.Cc1ccc(C(=O)c2nn(-c3ccc(Cl)cc3)c(NCCC(C)(C)NC(=O)OCc3ccccc3)c2C#N)cc1. The molecule has 5 aromatic carbocycles. The summed E-state index contributed by atoms with van der Waals surface area (Å²) in [5.74, 6) is 0.180. The summed E-state index contributed by atoms with van der Waals surface area (Å²) in [6.07, 6.45) is 0.639. The molecule has 2 aromatic heterocycles. The number of hydrogen-bond donors (Lipinski definition) is 4. The number of nitrogens with zero attached hydrogens (tertiary/aromatic N) is 6. The van der Waals surface area contributed by atoms with Crippen molar-refractivity contribution >= 4 is 52.5 Å². The van der Waals surface area contributed by atoms with Crippen LogP contribution in [0.25, 0.3) is 11.4 Å². The van der Waals surface area contributed by atoms with E-state index < -0.39 is 11.6 Å². The maximum atomic E-state index is 13.4. The largest absolute Gasteiger partial charge is 0.445 e. The van der Waals surface area contributed by atoms with Crippen LogP contribution in [0.15, 0.2) is 127 Å². The van der Waals surface area contributed by atoms with Gasteiger partial charge in [-0.05, 0) is 108 Å². The van der Waals surface area contributed by atoms with Crippen LogP contribution in [0.4, 0.5) is 16.4 Å². The van der Waals surface area contributed by atoms with Crippen molar-refractivity contribution in [1.82, 2.24) is 24.9 Å². The molecule has 0 saturated carbocycles. The molecule has 70 heavy (non-hydrogen) atoms. The molecule has 16 heteroatoms. The van der Waals surface area contributed by atoms with Crippen LogP contribution in [0, 0.1) is 36.5 Å². The van der Waals surface area contributed by atoms with E-state index in [1.807, 2.05) is 96.1 Å². The van der Waals surface area contributed by atoms with E-state index in [-0.39, 0.29) is 46.2 Å². The van der Waals surface area contributed by atoms with Crippen LogP contribution < -0.4 is 21.7 Å². The van der Waals surface area contributed by atoms with Gasteiger partial charge in [0.25, 0.3) is 0 Å². The molecule has 2 heterocycles. The van der Waals surface area contributed by atoms with E-state index in [2.05, 4.69) is 38.3 Å². The first-order chi connectivity index (χ1) is 33.4. The fourth-order valence-electron chi connectivity index (χ4n) is 7.01. The van der Waals surface area contributed by atoms with Crippen LogP contribution in [-0.4, -0.2) is 61.4 Å². The fraction of sp³-hybridized carbons (Fsp3) is 0.241. The highest BCUT2D eigenvalue weighted by Crippen LogP contribution is 2.29. The summed E-state index contributed by atoms with van der Waals surface area (Å²) in [4.78, 5) is 38.9. The number of nitriles is 2. The maximum Gasteiger partial charge on any atom is 0.407 e. The van der Waals surface area contributed by atoms with Crippen LogP contribution in [0.3, 0.4) is 0 Å². The number of hydrogen-bond acceptors (Lipinski definition) is 11. The van der Waals surface area contributed by atoms with Crippen molar-refractivity contribution in [3.8, 4) is 23.5 Å². The third kappa shape index (κ3) is 13.7. The first-order valence-corrected chi connectivity index (χ1v) is 23.2. The molecule has 7 rings (SSSR count). The van der Waals surface area contributed by atoms with E-state index in [9.17, 15) is 24.9 Å². The summed E-state index contributed by atoms with van der Waals surface area (Å²) in [5.41, 5.74) is 10.8. The Kier molecular flexibility index (Phi) is 17.0. The van der Waals surface area contributed by atoms with E-state index >= 15 is 0 Å². The number of halogens is 2. The zero-order valence-corrected chi connectivity index (χ0v) is 41.3. The number of ketones is 2. The van der Waals surface area contributed by atoms with E-state index in [1.54, 1.807) is 77.5 Å². The lowest BCUT2D eigenvalue weighted by Crippen LogP contribution is -2.44. The monoisotopic (exact) mass is 976 g/mol. The number of amides is 1. The predicted octanol–water partition coefficient (Wildman–Crippen LogP) is 10.9. The molecule has 0 aliphatic rings. The number of carbonyl (C=O) groups is 3. The quantitative estimate of drug-likeness (QED) is 0.0632. The third-order valence-corrected chi connectivity index (χ3v) is 11.5. The topological polar surface area (TPSA) is 206 Å². The van der Waals surface area contributed by atoms with E-state index in [0.717, 1.165) is 16.7 Å².